The summed E-state index contributed by atoms with van der Waals surface area (Å²) in [6.07, 6.45) is 5.74. The summed E-state index contributed by atoms with van der Waals surface area (Å²) in [4.78, 5) is 0. The third-order valence-corrected chi connectivity index (χ3v) is 3.72. The fourth-order valence-electron chi connectivity index (χ4n) is 2.45. The van der Waals surface area contributed by atoms with Crippen LogP contribution in [0.4, 0.5) is 5.69 Å². The zero-order valence-corrected chi connectivity index (χ0v) is 13.5. The van der Waals surface area contributed by atoms with Gasteiger partial charge < -0.3 is 10.5 Å². The molecule has 4 nitrogen and oxygen atoms in total. The van der Waals surface area contributed by atoms with Crippen molar-refractivity contribution in [1.29, 1.82) is 0 Å². The van der Waals surface area contributed by atoms with E-state index in [2.05, 4.69) is 10.2 Å². The fraction of sp³-hybridized carbons (Fsp3) is 0.100. The second kappa shape index (κ2) is 7.53. The fourth-order valence-corrected chi connectivity index (χ4v) is 2.45. The molecule has 1 atom stereocenters. The highest BCUT2D eigenvalue weighted by atomic mass is 16.5. The van der Waals surface area contributed by atoms with Gasteiger partial charge in [-0.05, 0) is 35.9 Å². The molecule has 3 rings (SSSR count). The Morgan fingerprint density at radius 1 is 0.917 bits per heavy atom. The number of allylic oxidation sites excluding steroid dienone is 2. The summed E-state index contributed by atoms with van der Waals surface area (Å²) in [6.45, 7) is 0. The molecule has 24 heavy (non-hydrogen) atoms. The van der Waals surface area contributed by atoms with E-state index in [0.29, 0.717) is 5.70 Å². The Morgan fingerprint density at radius 2 is 1.58 bits per heavy atom. The molecule has 0 saturated heterocycles. The molecule has 0 saturated carbocycles. The van der Waals surface area contributed by atoms with E-state index in [-0.39, 0.29) is 0 Å². The van der Waals surface area contributed by atoms with Gasteiger partial charge in [0.1, 0.15) is 5.76 Å². The second-order valence-electron chi connectivity index (χ2n) is 5.35. The van der Waals surface area contributed by atoms with Crippen molar-refractivity contribution < 1.29 is 4.74 Å². The first-order valence-electron chi connectivity index (χ1n) is 7.73. The number of methoxy groups -OCH3 is 1. The highest BCUT2D eigenvalue weighted by molar-refractivity contribution is 5.62. The Morgan fingerprint density at radius 3 is 2.25 bits per heavy atom. The van der Waals surface area contributed by atoms with Crippen LogP contribution in [0.25, 0.3) is 6.08 Å². The van der Waals surface area contributed by atoms with Crippen LogP contribution in [0.3, 0.4) is 0 Å². The Kier molecular flexibility index (Phi) is 4.99. The lowest BCUT2D eigenvalue weighted by Gasteiger charge is -2.21. The molecule has 2 aromatic carbocycles. The minimum atomic E-state index is -0.391. The van der Waals surface area contributed by atoms with Crippen LogP contribution >= 0.6 is 0 Å². The molecule has 2 N–H and O–H groups in total. The van der Waals surface area contributed by atoms with Crippen LogP contribution in [0, 0.1) is 0 Å². The van der Waals surface area contributed by atoms with E-state index in [4.69, 9.17) is 10.5 Å². The maximum Gasteiger partial charge on any atom is 0.124 e. The van der Waals surface area contributed by atoms with Crippen molar-refractivity contribution in [3.63, 3.8) is 0 Å². The zero-order chi connectivity index (χ0) is 16.8. The van der Waals surface area contributed by atoms with Crippen molar-refractivity contribution in [3.05, 3.63) is 95.4 Å². The summed E-state index contributed by atoms with van der Waals surface area (Å²) in [7, 11) is 1.64. The van der Waals surface area contributed by atoms with Gasteiger partial charge in [0.2, 0.25) is 0 Å². The van der Waals surface area contributed by atoms with Crippen molar-refractivity contribution in [2.75, 3.05) is 7.11 Å². The molecule has 1 aliphatic rings. The number of rotatable bonds is 4. The van der Waals surface area contributed by atoms with Gasteiger partial charge in [-0.25, -0.2) is 0 Å². The van der Waals surface area contributed by atoms with E-state index < -0.39 is 6.04 Å². The van der Waals surface area contributed by atoms with Gasteiger partial charge in [-0.1, -0.05) is 48.5 Å². The topological polar surface area (TPSA) is 60.0 Å². The molecule has 0 spiro atoms. The van der Waals surface area contributed by atoms with Gasteiger partial charge in [-0.3, -0.25) is 0 Å². The monoisotopic (exact) mass is 317 g/mol. The summed E-state index contributed by atoms with van der Waals surface area (Å²) in [5, 5.41) is 8.57. The molecule has 120 valence electrons. The maximum absolute atomic E-state index is 6.39. The van der Waals surface area contributed by atoms with E-state index in [1.807, 2.05) is 78.9 Å². The van der Waals surface area contributed by atoms with Gasteiger partial charge in [0.25, 0.3) is 0 Å². The first kappa shape index (κ1) is 15.9. The standard InChI is InChI=1S/C20H19N3O/c1-24-19-13-12-18(23-22-16-10-6-3-7-11-16)20(21)17(19)14-15-8-4-2-5-9-15/h2-14,20H,21H2,1H3. The molecule has 1 unspecified atom stereocenters. The van der Waals surface area contributed by atoms with Crippen molar-refractivity contribution in [2.45, 2.75) is 6.04 Å². The van der Waals surface area contributed by atoms with Crippen LogP contribution in [-0.2, 0) is 4.74 Å². The molecule has 0 heterocycles. The molecule has 0 bridgehead atoms. The van der Waals surface area contributed by atoms with Gasteiger partial charge in [0, 0.05) is 5.57 Å². The van der Waals surface area contributed by atoms with Crippen molar-refractivity contribution >= 4 is 11.8 Å². The third kappa shape index (κ3) is 3.67. The SMILES string of the molecule is COC1=CC=C(N=Nc2ccccc2)C(N)C1=Cc1ccccc1. The number of hydrogen-bond acceptors (Lipinski definition) is 4. The van der Waals surface area contributed by atoms with Gasteiger partial charge in [-0.2, -0.15) is 10.2 Å². The van der Waals surface area contributed by atoms with E-state index >= 15 is 0 Å². The van der Waals surface area contributed by atoms with E-state index in [1.165, 1.54) is 0 Å². The second-order valence-corrected chi connectivity index (χ2v) is 5.35. The normalized spacial score (nSPS) is 19.2. The van der Waals surface area contributed by atoms with Crippen molar-refractivity contribution in [2.24, 2.45) is 16.0 Å². The van der Waals surface area contributed by atoms with Gasteiger partial charge >= 0.3 is 0 Å². The molecule has 0 aromatic heterocycles. The predicted molar refractivity (Wildman–Crippen MR) is 96.5 cm³/mol. The Bertz CT molecular complexity index is 805. The van der Waals surface area contributed by atoms with Gasteiger partial charge in [0.15, 0.2) is 0 Å². The number of benzene rings is 2. The zero-order valence-electron chi connectivity index (χ0n) is 13.5. The molecular weight excluding hydrogens is 298 g/mol. The van der Waals surface area contributed by atoms with Crippen LogP contribution in [0.2, 0.25) is 0 Å². The quantitative estimate of drug-likeness (QED) is 0.837. The molecule has 4 heteroatoms. The van der Waals surface area contributed by atoms with Crippen LogP contribution in [0.15, 0.2) is 100 Å². The third-order valence-electron chi connectivity index (χ3n) is 3.72. The number of hydrogen-bond donors (Lipinski definition) is 1. The number of nitrogens with two attached hydrogens (primary N) is 1. The van der Waals surface area contributed by atoms with E-state index in [1.54, 1.807) is 7.11 Å². The Labute approximate surface area is 141 Å². The largest absolute Gasteiger partial charge is 0.496 e. The van der Waals surface area contributed by atoms with E-state index in [9.17, 15) is 0 Å². The van der Waals surface area contributed by atoms with Crippen LogP contribution < -0.4 is 5.73 Å². The number of nitrogens with zero attached hydrogens (tertiary/aromatic N) is 2. The lowest BCUT2D eigenvalue weighted by atomic mass is 9.95. The van der Waals surface area contributed by atoms with Crippen LogP contribution in [0.1, 0.15) is 5.56 Å². The van der Waals surface area contributed by atoms with Crippen LogP contribution in [-0.4, -0.2) is 13.2 Å². The molecule has 2 aromatic rings. The summed E-state index contributed by atoms with van der Waals surface area (Å²) in [6, 6.07) is 19.2. The molecule has 0 amide bonds. The molecule has 1 aliphatic carbocycles. The highest BCUT2D eigenvalue weighted by Crippen LogP contribution is 2.28. The lowest BCUT2D eigenvalue weighted by Crippen LogP contribution is -2.27. The first-order chi connectivity index (χ1) is 11.8. The Hall–Kier alpha value is -2.98. The van der Waals surface area contributed by atoms with Crippen molar-refractivity contribution in [3.8, 4) is 0 Å². The summed E-state index contributed by atoms with van der Waals surface area (Å²) >= 11 is 0. The number of ether oxygens (including phenoxy) is 1. The first-order valence-corrected chi connectivity index (χ1v) is 7.73. The van der Waals surface area contributed by atoms with Crippen LogP contribution in [0.5, 0.6) is 0 Å². The molecule has 0 fully saturated rings. The molecular formula is C20H19N3O. The van der Waals surface area contributed by atoms with Crippen molar-refractivity contribution in [1.82, 2.24) is 0 Å². The van der Waals surface area contributed by atoms with E-state index in [0.717, 1.165) is 22.6 Å². The predicted octanol–water partition coefficient (Wildman–Crippen LogP) is 4.61. The average molecular weight is 317 g/mol. The maximum atomic E-state index is 6.39. The number of azo groups is 1. The molecule has 0 radical (unpaired) electrons. The minimum Gasteiger partial charge on any atom is -0.496 e. The smallest absolute Gasteiger partial charge is 0.124 e. The average Bonchev–Trinajstić information content (AvgIpc) is 2.64. The lowest BCUT2D eigenvalue weighted by molar-refractivity contribution is 0.297. The van der Waals surface area contributed by atoms with Gasteiger partial charge in [-0.15, -0.1) is 0 Å². The van der Waals surface area contributed by atoms with Gasteiger partial charge in [0.05, 0.1) is 24.5 Å². The molecule has 0 aliphatic heterocycles. The summed E-state index contributed by atoms with van der Waals surface area (Å²) in [5.41, 5.74) is 9.82. The highest BCUT2D eigenvalue weighted by Gasteiger charge is 2.22. The summed E-state index contributed by atoms with van der Waals surface area (Å²) < 4.78 is 5.45. The Balaban J connectivity index is 1.90. The summed E-state index contributed by atoms with van der Waals surface area (Å²) in [5.74, 6) is 0.741. The minimum absolute atomic E-state index is 0.391.